The van der Waals surface area contributed by atoms with E-state index in [2.05, 4.69) is 29.3 Å². The molecule has 0 bridgehead atoms. The maximum absolute atomic E-state index is 13.3. The number of carbonyl (C=O) groups excluding carboxylic acids is 1. The van der Waals surface area contributed by atoms with E-state index in [9.17, 15) is 4.79 Å². The molecular formula is C28H29Cl2N3OS. The number of hydrogen-bond donors (Lipinski definition) is 1. The predicted molar refractivity (Wildman–Crippen MR) is 145 cm³/mol. The number of carbonyl (C=O) groups is 1. The van der Waals surface area contributed by atoms with Crippen molar-refractivity contribution in [3.05, 3.63) is 56.5 Å². The fourth-order valence-corrected chi connectivity index (χ4v) is 6.55. The van der Waals surface area contributed by atoms with Crippen molar-refractivity contribution in [1.82, 2.24) is 15.1 Å². The fourth-order valence-electron chi connectivity index (χ4n) is 5.10. The largest absolute Gasteiger partial charge is 0.348 e. The van der Waals surface area contributed by atoms with Gasteiger partial charge in [0.05, 0.1) is 26.2 Å². The van der Waals surface area contributed by atoms with Crippen LogP contribution in [0.3, 0.4) is 0 Å². The summed E-state index contributed by atoms with van der Waals surface area (Å²) < 4.78 is 1.78. The summed E-state index contributed by atoms with van der Waals surface area (Å²) in [6, 6.07) is 9.67. The highest BCUT2D eigenvalue weighted by molar-refractivity contribution is 7.16. The van der Waals surface area contributed by atoms with Gasteiger partial charge >= 0.3 is 0 Å². The molecule has 0 atom stereocenters. The summed E-state index contributed by atoms with van der Waals surface area (Å²) in [6.07, 6.45) is 10.6. The monoisotopic (exact) mass is 525 g/mol. The van der Waals surface area contributed by atoms with Crippen LogP contribution in [0, 0.1) is 24.7 Å². The van der Waals surface area contributed by atoms with Crippen molar-refractivity contribution < 1.29 is 4.79 Å². The standard InChI is InChI=1S/C28H29Cl2N3OS/c1-18-26(28(34)31-21-9-3-2-4-10-21)32-33(24-15-12-20(29)17-23(24)30)27(18)25-16-14-22(35-25)13-11-19-7-5-6-8-19/h12,14-17,19,21H,2-10H2,1H3,(H,31,34). The van der Waals surface area contributed by atoms with E-state index in [0.717, 1.165) is 46.7 Å². The molecule has 0 radical (unpaired) electrons. The SMILES string of the molecule is Cc1c(C(=O)NC2CCCCC2)nn(-c2ccc(Cl)cc2Cl)c1-c1ccc(C#CC2CCCC2)s1. The maximum Gasteiger partial charge on any atom is 0.272 e. The summed E-state index contributed by atoms with van der Waals surface area (Å²) in [5, 5.41) is 9.03. The smallest absolute Gasteiger partial charge is 0.272 e. The highest BCUT2D eigenvalue weighted by Gasteiger charge is 2.26. The van der Waals surface area contributed by atoms with Gasteiger partial charge in [-0.15, -0.1) is 11.3 Å². The van der Waals surface area contributed by atoms with Crippen molar-refractivity contribution in [1.29, 1.82) is 0 Å². The van der Waals surface area contributed by atoms with Crippen molar-refractivity contribution in [3.8, 4) is 28.1 Å². The third kappa shape index (κ3) is 5.45. The number of benzene rings is 1. The van der Waals surface area contributed by atoms with Crippen LogP contribution in [-0.2, 0) is 0 Å². The first-order chi connectivity index (χ1) is 17.0. The number of hydrogen-bond acceptors (Lipinski definition) is 3. The summed E-state index contributed by atoms with van der Waals surface area (Å²) >= 11 is 14.4. The van der Waals surface area contributed by atoms with Gasteiger partial charge in [-0.2, -0.15) is 5.10 Å². The molecule has 1 aromatic carbocycles. The van der Waals surface area contributed by atoms with Gasteiger partial charge in [0, 0.05) is 22.5 Å². The zero-order valence-electron chi connectivity index (χ0n) is 19.9. The van der Waals surface area contributed by atoms with E-state index in [1.807, 2.05) is 13.0 Å². The third-order valence-electron chi connectivity index (χ3n) is 7.01. The second-order valence-corrected chi connectivity index (χ2v) is 11.5. The molecule has 1 N–H and O–H groups in total. The van der Waals surface area contributed by atoms with Crippen LogP contribution >= 0.6 is 34.5 Å². The van der Waals surface area contributed by atoms with Crippen molar-refractivity contribution >= 4 is 40.4 Å². The maximum atomic E-state index is 13.3. The first kappa shape index (κ1) is 24.4. The molecule has 2 fully saturated rings. The molecule has 0 unspecified atom stereocenters. The number of nitrogens with zero attached hydrogens (tertiary/aromatic N) is 2. The van der Waals surface area contributed by atoms with Gasteiger partial charge in [-0.1, -0.05) is 67.1 Å². The Hall–Kier alpha value is -2.26. The lowest BCUT2D eigenvalue weighted by Crippen LogP contribution is -2.36. The van der Waals surface area contributed by atoms with E-state index in [4.69, 9.17) is 28.3 Å². The first-order valence-electron chi connectivity index (χ1n) is 12.5. The highest BCUT2D eigenvalue weighted by atomic mass is 35.5. The van der Waals surface area contributed by atoms with Crippen LogP contribution in [0.1, 0.15) is 78.7 Å². The van der Waals surface area contributed by atoms with Crippen LogP contribution in [0.5, 0.6) is 0 Å². The molecule has 2 saturated carbocycles. The van der Waals surface area contributed by atoms with E-state index in [-0.39, 0.29) is 11.9 Å². The molecule has 5 rings (SSSR count). The van der Waals surface area contributed by atoms with Gasteiger partial charge in [0.25, 0.3) is 5.91 Å². The van der Waals surface area contributed by atoms with Crippen LogP contribution in [0.25, 0.3) is 16.3 Å². The first-order valence-corrected chi connectivity index (χ1v) is 14.0. The molecule has 2 aliphatic carbocycles. The minimum atomic E-state index is -0.128. The number of nitrogens with one attached hydrogen (secondary N) is 1. The number of amides is 1. The van der Waals surface area contributed by atoms with Crippen molar-refractivity contribution in [2.45, 2.75) is 70.8 Å². The Labute approximate surface area is 221 Å². The zero-order chi connectivity index (χ0) is 24.4. The average molecular weight is 527 g/mol. The summed E-state index contributed by atoms with van der Waals surface area (Å²) in [5.74, 6) is 7.20. The molecule has 4 nitrogen and oxygen atoms in total. The average Bonchev–Trinajstić information content (AvgIpc) is 3.59. The molecule has 7 heteroatoms. The van der Waals surface area contributed by atoms with E-state index < -0.39 is 0 Å². The molecule has 1 amide bonds. The van der Waals surface area contributed by atoms with Crippen molar-refractivity contribution in [2.24, 2.45) is 5.92 Å². The molecule has 0 aliphatic heterocycles. The molecule has 0 spiro atoms. The second kappa shape index (κ2) is 10.8. The Balaban J connectivity index is 1.53. The summed E-state index contributed by atoms with van der Waals surface area (Å²) in [7, 11) is 0. The zero-order valence-corrected chi connectivity index (χ0v) is 22.2. The van der Waals surface area contributed by atoms with Gasteiger partial charge < -0.3 is 5.32 Å². The Kier molecular flexibility index (Phi) is 7.53. The normalized spacial score (nSPS) is 16.8. The number of aromatic nitrogens is 2. The van der Waals surface area contributed by atoms with Gasteiger partial charge in [0.15, 0.2) is 5.69 Å². The van der Waals surface area contributed by atoms with Gasteiger partial charge in [-0.25, -0.2) is 4.68 Å². The summed E-state index contributed by atoms with van der Waals surface area (Å²) in [4.78, 5) is 15.3. The van der Waals surface area contributed by atoms with E-state index >= 15 is 0 Å². The van der Waals surface area contributed by atoms with Gasteiger partial charge in [-0.05, 0) is 62.9 Å². The Bertz CT molecular complexity index is 1290. The summed E-state index contributed by atoms with van der Waals surface area (Å²) in [5.41, 5.74) is 2.82. The Morgan fingerprint density at radius 3 is 2.54 bits per heavy atom. The number of rotatable bonds is 4. The quantitative estimate of drug-likeness (QED) is 0.353. The Morgan fingerprint density at radius 1 is 1.06 bits per heavy atom. The topological polar surface area (TPSA) is 46.9 Å². The highest BCUT2D eigenvalue weighted by Crippen LogP contribution is 2.36. The summed E-state index contributed by atoms with van der Waals surface area (Å²) in [6.45, 7) is 1.96. The number of halogens is 2. The van der Waals surface area contributed by atoms with Crippen LogP contribution in [0.4, 0.5) is 0 Å². The van der Waals surface area contributed by atoms with Gasteiger partial charge in [0.1, 0.15) is 0 Å². The van der Waals surface area contributed by atoms with E-state index in [0.29, 0.717) is 27.3 Å². The predicted octanol–water partition coefficient (Wildman–Crippen LogP) is 7.82. The van der Waals surface area contributed by atoms with Crippen LogP contribution in [0.15, 0.2) is 30.3 Å². The van der Waals surface area contributed by atoms with Crippen molar-refractivity contribution in [3.63, 3.8) is 0 Å². The molecule has 2 heterocycles. The Morgan fingerprint density at radius 2 is 1.80 bits per heavy atom. The third-order valence-corrected chi connectivity index (χ3v) is 8.55. The number of thiophene rings is 1. The molecule has 2 aromatic heterocycles. The van der Waals surface area contributed by atoms with E-state index in [1.54, 1.807) is 28.2 Å². The molecule has 0 saturated heterocycles. The van der Waals surface area contributed by atoms with E-state index in [1.165, 1.54) is 32.1 Å². The van der Waals surface area contributed by atoms with Crippen LogP contribution in [-0.4, -0.2) is 21.7 Å². The van der Waals surface area contributed by atoms with Crippen LogP contribution in [0.2, 0.25) is 10.0 Å². The van der Waals surface area contributed by atoms with Crippen molar-refractivity contribution in [2.75, 3.05) is 0 Å². The van der Waals surface area contributed by atoms with Crippen LogP contribution < -0.4 is 5.32 Å². The minimum absolute atomic E-state index is 0.128. The van der Waals surface area contributed by atoms with Gasteiger partial charge in [-0.3, -0.25) is 4.79 Å². The lowest BCUT2D eigenvalue weighted by atomic mass is 9.95. The molecule has 2 aliphatic rings. The molecule has 35 heavy (non-hydrogen) atoms. The second-order valence-electron chi connectivity index (χ2n) is 9.55. The molecular weight excluding hydrogens is 497 g/mol. The minimum Gasteiger partial charge on any atom is -0.348 e. The molecule has 3 aromatic rings. The molecule has 182 valence electrons. The van der Waals surface area contributed by atoms with Gasteiger partial charge in [0.2, 0.25) is 0 Å². The lowest BCUT2D eigenvalue weighted by molar-refractivity contribution is 0.0921. The lowest BCUT2D eigenvalue weighted by Gasteiger charge is -2.22. The fraction of sp³-hybridized carbons (Fsp3) is 0.429.